The van der Waals surface area contributed by atoms with Crippen LogP contribution in [-0.4, -0.2) is 86.5 Å². The van der Waals surface area contributed by atoms with Gasteiger partial charge in [-0.05, 0) is 50.5 Å². The zero-order valence-corrected chi connectivity index (χ0v) is 30.7. The Morgan fingerprint density at radius 3 is 2.06 bits per heavy atom. The van der Waals surface area contributed by atoms with Gasteiger partial charge in [0.1, 0.15) is 0 Å². The maximum absolute atomic E-state index is 13.7. The average molecular weight is 723 g/mol. The number of Topliss-reactive ketones (excluding diaryl/α,β-unsaturated/α-hetero) is 1. The van der Waals surface area contributed by atoms with E-state index in [2.05, 4.69) is 22.4 Å². The molecule has 1 aromatic heterocycles. The number of carbonyl (C=O) groups excluding carboxylic acids is 2. The van der Waals surface area contributed by atoms with Gasteiger partial charge in [0.2, 0.25) is 0 Å². The lowest BCUT2D eigenvalue weighted by atomic mass is 10.1. The topological polar surface area (TPSA) is 139 Å². The fourth-order valence-corrected chi connectivity index (χ4v) is 6.25. The number of nitrogens with one attached hydrogen (secondary N) is 2. The number of benzene rings is 2. The lowest BCUT2D eigenvalue weighted by Crippen LogP contribution is -2.37. The van der Waals surface area contributed by atoms with Crippen molar-refractivity contribution in [3.8, 4) is 5.69 Å². The molecule has 3 aromatic rings. The highest BCUT2D eigenvalue weighted by Crippen LogP contribution is 2.25. The Morgan fingerprint density at radius 1 is 0.804 bits per heavy atom. The van der Waals surface area contributed by atoms with Gasteiger partial charge in [0.05, 0.1) is 74.1 Å². The smallest absolute Gasteiger partial charge is 0.314 e. The number of nitrogens with zero attached hydrogens (tertiary/aromatic N) is 2. The molecule has 0 aliphatic rings. The van der Waals surface area contributed by atoms with Crippen molar-refractivity contribution in [1.29, 1.82) is 0 Å². The molecule has 13 heteroatoms. The lowest BCUT2D eigenvalue weighted by Gasteiger charge is -2.17. The van der Waals surface area contributed by atoms with Gasteiger partial charge in [0.15, 0.2) is 11.5 Å². The number of hydrogen-bond acceptors (Lipinski definition) is 8. The van der Waals surface area contributed by atoms with Crippen molar-refractivity contribution in [2.75, 3.05) is 65.9 Å². The van der Waals surface area contributed by atoms with Gasteiger partial charge in [0, 0.05) is 42.4 Å². The van der Waals surface area contributed by atoms with Crippen molar-refractivity contribution >= 4 is 28.3 Å². The van der Waals surface area contributed by atoms with E-state index >= 15 is 0 Å². The summed E-state index contributed by atoms with van der Waals surface area (Å²) in [5.74, 6) is -0.358. The molecule has 276 valence electrons. The van der Waals surface area contributed by atoms with Crippen LogP contribution in [0.5, 0.6) is 0 Å². The maximum Gasteiger partial charge on any atom is 0.314 e. The molecule has 2 amide bonds. The van der Waals surface area contributed by atoms with Crippen LogP contribution in [0.25, 0.3) is 10.5 Å². The predicted octanol–water partition coefficient (Wildman–Crippen LogP) is 5.69. The molecule has 0 fully saturated rings. The molecule has 0 radical (unpaired) electrons. The molecular weight excluding hydrogens is 673 g/mol. The first kappa shape index (κ1) is 41.2. The molecule has 0 bridgehead atoms. The first-order chi connectivity index (χ1) is 24.8. The molecule has 0 aliphatic carbocycles. The molecule has 0 saturated carbocycles. The van der Waals surface area contributed by atoms with Crippen molar-refractivity contribution in [2.45, 2.75) is 62.7 Å². The summed E-state index contributed by atoms with van der Waals surface area (Å²) in [7, 11) is -1.70. The highest BCUT2D eigenvalue weighted by molar-refractivity contribution is 7.85. The van der Waals surface area contributed by atoms with Gasteiger partial charge in [-0.15, -0.1) is 0 Å². The van der Waals surface area contributed by atoms with Crippen LogP contribution >= 0.6 is 0 Å². The minimum atomic E-state index is -1.70. The number of ether oxygens (including phenoxy) is 4. The van der Waals surface area contributed by atoms with E-state index in [1.54, 1.807) is 37.3 Å². The normalized spacial score (nSPS) is 11.6. The second-order valence-electron chi connectivity index (χ2n) is 11.7. The number of rotatable bonds is 24. The Morgan fingerprint density at radius 2 is 1.43 bits per heavy atom. The fourth-order valence-electron chi connectivity index (χ4n) is 5.02. The Hall–Kier alpha value is -4.19. The molecule has 1 unspecified atom stereocenters. The van der Waals surface area contributed by atoms with E-state index in [9.17, 15) is 18.6 Å². The van der Waals surface area contributed by atoms with Crippen LogP contribution in [0.1, 0.15) is 60.6 Å². The molecule has 1 heterocycles. The number of ketones is 1. The second kappa shape index (κ2) is 23.3. The molecule has 12 nitrogen and oxygen atoms in total. The molecular formula is C38H50N4O8S. The Balaban J connectivity index is 1.38. The van der Waals surface area contributed by atoms with Gasteiger partial charge in [-0.25, -0.2) is 13.8 Å². The first-order valence-corrected chi connectivity index (χ1v) is 18.5. The minimum absolute atomic E-state index is 0.0331. The molecule has 0 aliphatic heterocycles. The summed E-state index contributed by atoms with van der Waals surface area (Å²) in [6.45, 7) is 17.1. The first-order valence-electron chi connectivity index (χ1n) is 17.4. The summed E-state index contributed by atoms with van der Waals surface area (Å²) < 4.78 is 37.2. The number of urea groups is 1. The predicted molar refractivity (Wildman–Crippen MR) is 197 cm³/mol. The Kier molecular flexibility index (Phi) is 18.9. The summed E-state index contributed by atoms with van der Waals surface area (Å²) in [6, 6.07) is 15.1. The number of carbonyl (C=O) groups is 2. The Labute approximate surface area is 303 Å². The SMILES string of the molecule is [C-]#[N+]c1ccc(S(=O)c2cc(C(=O)CCCOCCOCCOCCOCCNC(=O)NCCCCC)c(=O)n(-c3cccc(C)c3)c2C)cc1. The van der Waals surface area contributed by atoms with Gasteiger partial charge in [-0.3, -0.25) is 14.2 Å². The molecule has 0 spiro atoms. The van der Waals surface area contributed by atoms with Crippen LogP contribution in [0.15, 0.2) is 69.2 Å². The van der Waals surface area contributed by atoms with Gasteiger partial charge in [0.25, 0.3) is 5.56 Å². The maximum atomic E-state index is 13.7. The third-order valence-electron chi connectivity index (χ3n) is 7.75. The van der Waals surface area contributed by atoms with Crippen LogP contribution < -0.4 is 16.2 Å². The van der Waals surface area contributed by atoms with Gasteiger partial charge in [-0.1, -0.05) is 56.2 Å². The van der Waals surface area contributed by atoms with Gasteiger partial charge in [-0.2, -0.15) is 0 Å². The lowest BCUT2D eigenvalue weighted by molar-refractivity contribution is -0.00156. The number of aryl methyl sites for hydroxylation is 1. The van der Waals surface area contributed by atoms with Crippen molar-refractivity contribution in [1.82, 2.24) is 15.2 Å². The number of pyridine rings is 1. The number of unbranched alkanes of at least 4 members (excludes halogenated alkanes) is 2. The third kappa shape index (κ3) is 14.2. The highest BCUT2D eigenvalue weighted by Gasteiger charge is 2.22. The quantitative estimate of drug-likeness (QED) is 0.0684. The number of amides is 2. The molecule has 51 heavy (non-hydrogen) atoms. The van der Waals surface area contributed by atoms with Crippen molar-refractivity contribution in [3.63, 3.8) is 0 Å². The molecule has 2 aromatic carbocycles. The summed E-state index contributed by atoms with van der Waals surface area (Å²) in [5, 5.41) is 5.56. The van der Waals surface area contributed by atoms with Crippen LogP contribution in [0.3, 0.4) is 0 Å². The van der Waals surface area contributed by atoms with Crippen LogP contribution in [0.4, 0.5) is 10.5 Å². The summed E-state index contributed by atoms with van der Waals surface area (Å²) in [4.78, 5) is 42.9. The van der Waals surface area contributed by atoms with E-state index in [1.807, 2.05) is 25.1 Å². The number of hydrogen-bond donors (Lipinski definition) is 2. The largest absolute Gasteiger partial charge is 0.379 e. The minimum Gasteiger partial charge on any atom is -0.379 e. The zero-order valence-electron chi connectivity index (χ0n) is 29.9. The molecule has 1 atom stereocenters. The standard InChI is InChI=1S/C38H50N4O8S/c1-5-6-7-17-40-38(45)41-18-20-48-22-24-50-26-25-49-23-21-47-19-9-12-35(43)34-28-36(51(46)33-15-13-31(39-4)14-16-33)30(3)42(37(34)44)32-11-8-10-29(2)27-32/h8,10-11,13-16,27-28H,5-7,9,12,17-26H2,1-3H3,(H2,40,41,45). The second-order valence-corrected chi connectivity index (χ2v) is 13.2. The van der Waals surface area contributed by atoms with E-state index in [-0.39, 0.29) is 23.8 Å². The Bertz CT molecular complexity index is 1670. The zero-order chi connectivity index (χ0) is 36.8. The van der Waals surface area contributed by atoms with Crippen LogP contribution in [0, 0.1) is 20.4 Å². The van der Waals surface area contributed by atoms with E-state index in [4.69, 9.17) is 25.5 Å². The molecule has 2 N–H and O–H groups in total. The van der Waals surface area contributed by atoms with E-state index in [1.165, 1.54) is 10.6 Å². The van der Waals surface area contributed by atoms with Gasteiger partial charge >= 0.3 is 6.03 Å². The van der Waals surface area contributed by atoms with E-state index in [0.29, 0.717) is 99.2 Å². The molecule has 0 saturated heterocycles. The van der Waals surface area contributed by atoms with Crippen molar-refractivity contribution in [2.24, 2.45) is 0 Å². The van der Waals surface area contributed by atoms with Crippen LogP contribution in [0.2, 0.25) is 0 Å². The molecule has 3 rings (SSSR count). The van der Waals surface area contributed by atoms with Gasteiger partial charge < -0.3 is 29.6 Å². The average Bonchev–Trinajstić information content (AvgIpc) is 3.13. The summed E-state index contributed by atoms with van der Waals surface area (Å²) in [6.07, 6.45) is 3.67. The summed E-state index contributed by atoms with van der Waals surface area (Å²) in [5.41, 5.74) is 1.92. The third-order valence-corrected chi connectivity index (χ3v) is 9.26. The number of aromatic nitrogens is 1. The van der Waals surface area contributed by atoms with Crippen molar-refractivity contribution in [3.05, 3.63) is 93.2 Å². The monoisotopic (exact) mass is 722 g/mol. The van der Waals surface area contributed by atoms with E-state index in [0.717, 1.165) is 24.8 Å². The van der Waals surface area contributed by atoms with Crippen molar-refractivity contribution < 1.29 is 32.7 Å². The van der Waals surface area contributed by atoms with Crippen LogP contribution in [-0.2, 0) is 29.7 Å². The summed E-state index contributed by atoms with van der Waals surface area (Å²) >= 11 is 0. The fraction of sp³-hybridized carbons (Fsp3) is 0.474. The highest BCUT2D eigenvalue weighted by atomic mass is 32.2. The van der Waals surface area contributed by atoms with E-state index < -0.39 is 16.4 Å².